The van der Waals surface area contributed by atoms with Crippen molar-refractivity contribution in [2.24, 2.45) is 0 Å². The fourth-order valence-corrected chi connectivity index (χ4v) is 2.38. The molecule has 3 aromatic rings. The van der Waals surface area contributed by atoms with Crippen LogP contribution in [0, 0.1) is 6.92 Å². The second kappa shape index (κ2) is 7.60. The van der Waals surface area contributed by atoms with E-state index in [0.717, 1.165) is 0 Å². The van der Waals surface area contributed by atoms with Crippen molar-refractivity contribution in [3.05, 3.63) is 71.6 Å². The fraction of sp³-hybridized carbons (Fsp3) is 0.158. The van der Waals surface area contributed by atoms with Crippen molar-refractivity contribution in [1.29, 1.82) is 0 Å². The number of anilines is 2. The number of Topliss-reactive ketones (excluding diaryl/α,β-unsaturated/α-hetero) is 1. The maximum atomic E-state index is 12.3. The Morgan fingerprint density at radius 3 is 2.69 bits per heavy atom. The SMILES string of the molecule is CC(=O)c1cccc(Nc2cc(C(=O)NCc3ccco3)nc(C)n2)c1. The van der Waals surface area contributed by atoms with Crippen LogP contribution in [-0.4, -0.2) is 21.7 Å². The van der Waals surface area contributed by atoms with Gasteiger partial charge in [-0.2, -0.15) is 0 Å². The molecule has 0 bridgehead atoms. The smallest absolute Gasteiger partial charge is 0.270 e. The first kappa shape index (κ1) is 17.3. The van der Waals surface area contributed by atoms with Gasteiger partial charge in [0, 0.05) is 17.3 Å². The molecule has 0 aliphatic heterocycles. The molecule has 0 unspecified atom stereocenters. The number of carbonyl (C=O) groups excluding carboxylic acids is 2. The summed E-state index contributed by atoms with van der Waals surface area (Å²) in [7, 11) is 0. The standard InChI is InChI=1S/C19H18N4O3/c1-12(24)14-5-3-6-15(9-14)23-18-10-17(21-13(2)22-18)19(25)20-11-16-7-4-8-26-16/h3-10H,11H2,1-2H3,(H,20,25)(H,21,22,23). The maximum absolute atomic E-state index is 12.3. The zero-order valence-electron chi connectivity index (χ0n) is 14.4. The molecule has 7 nitrogen and oxygen atoms in total. The summed E-state index contributed by atoms with van der Waals surface area (Å²) >= 11 is 0. The molecule has 1 amide bonds. The summed E-state index contributed by atoms with van der Waals surface area (Å²) < 4.78 is 5.19. The number of nitrogens with zero attached hydrogens (tertiary/aromatic N) is 2. The van der Waals surface area contributed by atoms with Crippen LogP contribution in [0.2, 0.25) is 0 Å². The van der Waals surface area contributed by atoms with E-state index < -0.39 is 0 Å². The molecule has 7 heteroatoms. The van der Waals surface area contributed by atoms with Gasteiger partial charge in [0.1, 0.15) is 23.1 Å². The van der Waals surface area contributed by atoms with Crippen molar-refractivity contribution >= 4 is 23.2 Å². The Bertz CT molecular complexity index is 936. The lowest BCUT2D eigenvalue weighted by atomic mass is 10.1. The monoisotopic (exact) mass is 350 g/mol. The van der Waals surface area contributed by atoms with Crippen molar-refractivity contribution in [2.75, 3.05) is 5.32 Å². The summed E-state index contributed by atoms with van der Waals surface area (Å²) in [5, 5.41) is 5.85. The van der Waals surface area contributed by atoms with E-state index in [9.17, 15) is 9.59 Å². The predicted molar refractivity (Wildman–Crippen MR) is 96.4 cm³/mol. The van der Waals surface area contributed by atoms with Crippen LogP contribution < -0.4 is 10.6 Å². The zero-order chi connectivity index (χ0) is 18.5. The second-order valence-electron chi connectivity index (χ2n) is 5.71. The molecule has 0 spiro atoms. The van der Waals surface area contributed by atoms with Crippen LogP contribution in [0.25, 0.3) is 0 Å². The highest BCUT2D eigenvalue weighted by molar-refractivity contribution is 5.95. The van der Waals surface area contributed by atoms with Crippen LogP contribution in [0.1, 0.15) is 39.4 Å². The number of furan rings is 1. The van der Waals surface area contributed by atoms with Crippen molar-refractivity contribution in [2.45, 2.75) is 20.4 Å². The topological polar surface area (TPSA) is 97.1 Å². The van der Waals surface area contributed by atoms with Gasteiger partial charge in [0.05, 0.1) is 12.8 Å². The molecule has 0 atom stereocenters. The van der Waals surface area contributed by atoms with Crippen molar-refractivity contribution < 1.29 is 14.0 Å². The molecule has 0 aliphatic carbocycles. The van der Waals surface area contributed by atoms with E-state index in [1.165, 1.54) is 6.92 Å². The Morgan fingerprint density at radius 2 is 1.96 bits per heavy atom. The van der Waals surface area contributed by atoms with Crippen LogP contribution in [0.5, 0.6) is 0 Å². The van der Waals surface area contributed by atoms with E-state index in [-0.39, 0.29) is 23.9 Å². The second-order valence-corrected chi connectivity index (χ2v) is 5.71. The third kappa shape index (κ3) is 4.32. The normalized spacial score (nSPS) is 10.4. The van der Waals surface area contributed by atoms with E-state index in [1.807, 2.05) is 6.07 Å². The molecule has 2 N–H and O–H groups in total. The first-order chi connectivity index (χ1) is 12.5. The van der Waals surface area contributed by atoms with Gasteiger partial charge in [-0.3, -0.25) is 9.59 Å². The molecule has 0 saturated heterocycles. The molecule has 0 aliphatic rings. The van der Waals surface area contributed by atoms with Gasteiger partial charge in [-0.15, -0.1) is 0 Å². The molecule has 2 aromatic heterocycles. The summed E-state index contributed by atoms with van der Waals surface area (Å²) in [6, 6.07) is 12.2. The number of hydrogen-bond acceptors (Lipinski definition) is 6. The van der Waals surface area contributed by atoms with Gasteiger partial charge in [0.2, 0.25) is 0 Å². The van der Waals surface area contributed by atoms with Crippen molar-refractivity contribution in [1.82, 2.24) is 15.3 Å². The average Bonchev–Trinajstić information content (AvgIpc) is 3.13. The zero-order valence-corrected chi connectivity index (χ0v) is 14.4. The molecule has 0 saturated carbocycles. The Hall–Kier alpha value is -3.48. The van der Waals surface area contributed by atoms with E-state index in [2.05, 4.69) is 20.6 Å². The number of carbonyl (C=O) groups is 2. The quantitative estimate of drug-likeness (QED) is 0.662. The van der Waals surface area contributed by atoms with Gasteiger partial charge in [0.25, 0.3) is 5.91 Å². The van der Waals surface area contributed by atoms with E-state index in [1.54, 1.807) is 49.6 Å². The molecule has 3 rings (SSSR count). The third-order valence-electron chi connectivity index (χ3n) is 3.62. The van der Waals surface area contributed by atoms with E-state index in [0.29, 0.717) is 28.7 Å². The summed E-state index contributed by atoms with van der Waals surface area (Å²) in [5.74, 6) is 1.24. The highest BCUT2D eigenvalue weighted by Crippen LogP contribution is 2.17. The Labute approximate surface area is 150 Å². The van der Waals surface area contributed by atoms with Crippen LogP contribution in [0.3, 0.4) is 0 Å². The minimum absolute atomic E-state index is 0.0227. The Morgan fingerprint density at radius 1 is 1.12 bits per heavy atom. The highest BCUT2D eigenvalue weighted by atomic mass is 16.3. The van der Waals surface area contributed by atoms with E-state index >= 15 is 0 Å². The van der Waals surface area contributed by atoms with Gasteiger partial charge in [-0.1, -0.05) is 12.1 Å². The largest absolute Gasteiger partial charge is 0.467 e. The van der Waals surface area contributed by atoms with Crippen LogP contribution in [-0.2, 0) is 6.54 Å². The van der Waals surface area contributed by atoms with Crippen molar-refractivity contribution in [3.63, 3.8) is 0 Å². The molecule has 0 fully saturated rings. The van der Waals surface area contributed by atoms with Gasteiger partial charge in [-0.25, -0.2) is 9.97 Å². The average molecular weight is 350 g/mol. The predicted octanol–water partition coefficient (Wildman–Crippen LogP) is 3.25. The van der Waals surface area contributed by atoms with Crippen LogP contribution in [0.15, 0.2) is 53.1 Å². The van der Waals surface area contributed by atoms with Crippen LogP contribution >= 0.6 is 0 Å². The molecular weight excluding hydrogens is 332 g/mol. The number of amides is 1. The van der Waals surface area contributed by atoms with E-state index in [4.69, 9.17) is 4.42 Å². The first-order valence-corrected chi connectivity index (χ1v) is 8.05. The van der Waals surface area contributed by atoms with Crippen molar-refractivity contribution in [3.8, 4) is 0 Å². The molecular formula is C19H18N4O3. The highest BCUT2D eigenvalue weighted by Gasteiger charge is 2.11. The lowest BCUT2D eigenvalue weighted by Gasteiger charge is -2.09. The molecule has 26 heavy (non-hydrogen) atoms. The fourth-order valence-electron chi connectivity index (χ4n) is 2.38. The van der Waals surface area contributed by atoms with Gasteiger partial charge >= 0.3 is 0 Å². The number of benzene rings is 1. The van der Waals surface area contributed by atoms with Gasteiger partial charge < -0.3 is 15.1 Å². The Kier molecular flexibility index (Phi) is 5.07. The number of aromatic nitrogens is 2. The van der Waals surface area contributed by atoms with Crippen LogP contribution in [0.4, 0.5) is 11.5 Å². The molecule has 0 radical (unpaired) electrons. The molecule has 1 aromatic carbocycles. The summed E-state index contributed by atoms with van der Waals surface area (Å²) in [5.41, 5.74) is 1.55. The summed E-state index contributed by atoms with van der Waals surface area (Å²) in [6.45, 7) is 3.49. The molecule has 132 valence electrons. The maximum Gasteiger partial charge on any atom is 0.270 e. The number of rotatable bonds is 6. The first-order valence-electron chi connectivity index (χ1n) is 8.05. The lowest BCUT2D eigenvalue weighted by Crippen LogP contribution is -2.24. The lowest BCUT2D eigenvalue weighted by molar-refractivity contribution is 0.0942. The molecule has 2 heterocycles. The number of aryl methyl sites for hydroxylation is 1. The minimum atomic E-state index is -0.326. The number of hydrogen-bond donors (Lipinski definition) is 2. The number of nitrogens with one attached hydrogen (secondary N) is 2. The Balaban J connectivity index is 1.75. The summed E-state index contributed by atoms with van der Waals surface area (Å²) in [6.07, 6.45) is 1.55. The van der Waals surface area contributed by atoms with Gasteiger partial charge in [-0.05, 0) is 38.1 Å². The minimum Gasteiger partial charge on any atom is -0.467 e. The number of ketones is 1. The van der Waals surface area contributed by atoms with Gasteiger partial charge in [0.15, 0.2) is 5.78 Å². The third-order valence-corrected chi connectivity index (χ3v) is 3.62. The summed E-state index contributed by atoms with van der Waals surface area (Å²) in [4.78, 5) is 32.3.